The maximum Gasteiger partial charge on any atom is 0.252 e. The molecule has 0 saturated heterocycles. The number of rotatable bonds is 7. The zero-order valence-corrected chi connectivity index (χ0v) is 17.8. The van der Waals surface area contributed by atoms with Crippen molar-refractivity contribution in [2.24, 2.45) is 0 Å². The van der Waals surface area contributed by atoms with Gasteiger partial charge in [0.25, 0.3) is 5.91 Å². The number of nitrogens with zero attached hydrogens (tertiary/aromatic N) is 1. The first-order chi connectivity index (χ1) is 14.5. The minimum absolute atomic E-state index is 0.0105. The van der Waals surface area contributed by atoms with E-state index in [4.69, 9.17) is 0 Å². The molecule has 30 heavy (non-hydrogen) atoms. The summed E-state index contributed by atoms with van der Waals surface area (Å²) >= 11 is 0. The number of hydrogen-bond donors (Lipinski definition) is 1. The van der Waals surface area contributed by atoms with Crippen molar-refractivity contribution in [1.82, 2.24) is 5.32 Å². The average Bonchev–Trinajstić information content (AvgIpc) is 2.75. The van der Waals surface area contributed by atoms with E-state index >= 15 is 0 Å². The lowest BCUT2D eigenvalue weighted by Gasteiger charge is -2.30. The van der Waals surface area contributed by atoms with E-state index in [1.807, 2.05) is 36.4 Å². The predicted molar refractivity (Wildman–Crippen MR) is 126 cm³/mol. The maximum atomic E-state index is 13.2. The van der Waals surface area contributed by atoms with E-state index in [1.165, 1.54) is 5.56 Å². The normalized spacial score (nSPS) is 11.7. The molecule has 4 aromatic carbocycles. The molecule has 0 aliphatic carbocycles. The average molecular weight is 398 g/mol. The van der Waals surface area contributed by atoms with Gasteiger partial charge in [-0.2, -0.15) is 0 Å². The van der Waals surface area contributed by atoms with Gasteiger partial charge >= 0.3 is 0 Å². The molecule has 0 radical (unpaired) electrons. The van der Waals surface area contributed by atoms with Crippen LogP contribution in [0.2, 0.25) is 0 Å². The molecule has 4 aromatic rings. The van der Waals surface area contributed by atoms with Gasteiger partial charge in [-0.1, -0.05) is 78.9 Å². The van der Waals surface area contributed by atoms with Gasteiger partial charge in [-0.25, -0.2) is 0 Å². The fourth-order valence-corrected chi connectivity index (χ4v) is 4.21. The van der Waals surface area contributed by atoms with Crippen LogP contribution in [0.5, 0.6) is 0 Å². The van der Waals surface area contributed by atoms with Gasteiger partial charge in [-0.15, -0.1) is 0 Å². The summed E-state index contributed by atoms with van der Waals surface area (Å²) in [4.78, 5) is 13.2. The molecule has 0 aromatic heterocycles. The van der Waals surface area contributed by atoms with Gasteiger partial charge in [0, 0.05) is 18.5 Å². The first kappa shape index (κ1) is 20.1. The van der Waals surface area contributed by atoms with Crippen molar-refractivity contribution in [3.05, 3.63) is 96.1 Å². The third kappa shape index (κ3) is 4.52. The predicted octanol–water partition coefficient (Wildman–Crippen LogP) is 5.39. The van der Waals surface area contributed by atoms with Gasteiger partial charge in [0.05, 0.1) is 26.2 Å². The molecule has 3 heteroatoms. The summed E-state index contributed by atoms with van der Waals surface area (Å²) in [5.41, 5.74) is 2.12. The Labute approximate surface area is 178 Å². The first-order valence-electron chi connectivity index (χ1n) is 10.6. The number of amides is 1. The quantitative estimate of drug-likeness (QED) is 0.253. The first-order valence-corrected chi connectivity index (χ1v) is 10.6. The van der Waals surface area contributed by atoms with E-state index < -0.39 is 0 Å². The van der Waals surface area contributed by atoms with Crippen LogP contribution in [0, 0.1) is 0 Å². The third-order valence-corrected chi connectivity index (χ3v) is 5.68. The summed E-state index contributed by atoms with van der Waals surface area (Å²) < 4.78 is 0.900. The highest BCUT2D eigenvalue weighted by molar-refractivity contribution is 6.18. The van der Waals surface area contributed by atoms with Crippen LogP contribution in [-0.4, -0.2) is 37.6 Å². The fourth-order valence-electron chi connectivity index (χ4n) is 4.21. The molecule has 1 N–H and O–H groups in total. The van der Waals surface area contributed by atoms with Crippen LogP contribution in [0.4, 0.5) is 0 Å². The molecular weight excluding hydrogens is 368 g/mol. The number of benzene rings is 4. The second-order valence-corrected chi connectivity index (χ2v) is 8.61. The molecule has 0 saturated carbocycles. The number of nitrogens with one attached hydrogen (secondary N) is 1. The van der Waals surface area contributed by atoms with Crippen LogP contribution in [0.1, 0.15) is 22.3 Å². The van der Waals surface area contributed by atoms with E-state index in [-0.39, 0.29) is 5.91 Å². The molecule has 3 nitrogen and oxygen atoms in total. The SMILES string of the molecule is C[N+](C)(CCCNC(=O)c1c2ccccc2cc2ccccc12)Cc1ccccc1. The summed E-state index contributed by atoms with van der Waals surface area (Å²) in [5.74, 6) is 0.0105. The van der Waals surface area contributed by atoms with E-state index in [1.54, 1.807) is 0 Å². The summed E-state index contributed by atoms with van der Waals surface area (Å²) in [5, 5.41) is 7.39. The summed E-state index contributed by atoms with van der Waals surface area (Å²) in [6.07, 6.45) is 0.939. The van der Waals surface area contributed by atoms with E-state index in [2.05, 4.69) is 67.9 Å². The zero-order valence-electron chi connectivity index (χ0n) is 17.8. The molecule has 1 amide bonds. The third-order valence-electron chi connectivity index (χ3n) is 5.68. The number of carbonyl (C=O) groups excluding carboxylic acids is 1. The van der Waals surface area contributed by atoms with E-state index in [0.29, 0.717) is 6.54 Å². The van der Waals surface area contributed by atoms with Crippen molar-refractivity contribution in [3.63, 3.8) is 0 Å². The monoisotopic (exact) mass is 397 g/mol. The minimum atomic E-state index is 0.0105. The largest absolute Gasteiger partial charge is 0.352 e. The Kier molecular flexibility index (Phi) is 5.82. The maximum absolute atomic E-state index is 13.2. The van der Waals surface area contributed by atoms with Crippen LogP contribution in [-0.2, 0) is 6.54 Å². The van der Waals surface area contributed by atoms with Gasteiger partial charge in [-0.3, -0.25) is 4.79 Å². The van der Waals surface area contributed by atoms with E-state index in [0.717, 1.165) is 51.1 Å². The summed E-state index contributed by atoms with van der Waals surface area (Å²) in [7, 11) is 4.49. The highest BCUT2D eigenvalue weighted by Crippen LogP contribution is 2.28. The van der Waals surface area contributed by atoms with Crippen LogP contribution in [0.3, 0.4) is 0 Å². The van der Waals surface area contributed by atoms with Gasteiger partial charge in [0.2, 0.25) is 0 Å². The van der Waals surface area contributed by atoms with Crippen molar-refractivity contribution in [1.29, 1.82) is 0 Å². The highest BCUT2D eigenvalue weighted by Gasteiger charge is 2.17. The lowest BCUT2D eigenvalue weighted by molar-refractivity contribution is -0.903. The summed E-state index contributed by atoms with van der Waals surface area (Å²) in [6.45, 7) is 2.67. The number of quaternary nitrogens is 1. The Bertz CT molecular complexity index is 1110. The van der Waals surface area contributed by atoms with Crippen LogP contribution < -0.4 is 5.32 Å². The number of carbonyl (C=O) groups is 1. The molecule has 0 unspecified atom stereocenters. The molecule has 0 atom stereocenters. The molecule has 0 aliphatic rings. The molecule has 0 aliphatic heterocycles. The Hall–Kier alpha value is -3.17. The topological polar surface area (TPSA) is 29.1 Å². The molecule has 0 fully saturated rings. The van der Waals surface area contributed by atoms with Crippen molar-refractivity contribution in [2.45, 2.75) is 13.0 Å². The van der Waals surface area contributed by atoms with Crippen LogP contribution in [0.15, 0.2) is 84.9 Å². The molecule has 0 bridgehead atoms. The van der Waals surface area contributed by atoms with Crippen LogP contribution in [0.25, 0.3) is 21.5 Å². The van der Waals surface area contributed by atoms with E-state index in [9.17, 15) is 4.79 Å². The molecule has 0 spiro atoms. The lowest BCUT2D eigenvalue weighted by Crippen LogP contribution is -2.41. The second-order valence-electron chi connectivity index (χ2n) is 8.61. The Morgan fingerprint density at radius 2 is 1.37 bits per heavy atom. The van der Waals surface area contributed by atoms with Gasteiger partial charge in [0.15, 0.2) is 0 Å². The van der Waals surface area contributed by atoms with Crippen molar-refractivity contribution in [2.75, 3.05) is 27.2 Å². The van der Waals surface area contributed by atoms with Crippen LogP contribution >= 0.6 is 0 Å². The zero-order chi connectivity index (χ0) is 21.0. The Balaban J connectivity index is 1.45. The lowest BCUT2D eigenvalue weighted by atomic mass is 9.96. The minimum Gasteiger partial charge on any atom is -0.352 e. The highest BCUT2D eigenvalue weighted by atomic mass is 16.1. The van der Waals surface area contributed by atoms with Crippen molar-refractivity contribution >= 4 is 27.5 Å². The molecular formula is C27H29N2O+. The Morgan fingerprint density at radius 1 is 0.800 bits per heavy atom. The Morgan fingerprint density at radius 3 is 2.00 bits per heavy atom. The van der Waals surface area contributed by atoms with Crippen molar-refractivity contribution in [3.8, 4) is 0 Å². The standard InChI is InChI=1S/C27H28N2O/c1-29(2,20-21-11-4-3-5-12-21)18-10-17-28-27(30)26-24-15-8-6-13-22(24)19-23-14-7-9-16-25(23)26/h3-9,11-16,19H,10,17-18,20H2,1-2H3/p+1. The van der Waals surface area contributed by atoms with Gasteiger partial charge < -0.3 is 9.80 Å². The smallest absolute Gasteiger partial charge is 0.252 e. The van der Waals surface area contributed by atoms with Gasteiger partial charge in [-0.05, 0) is 27.6 Å². The summed E-state index contributed by atoms with van der Waals surface area (Å²) in [6, 6.07) is 29.0. The van der Waals surface area contributed by atoms with Gasteiger partial charge in [0.1, 0.15) is 6.54 Å². The molecule has 0 heterocycles. The number of hydrogen-bond acceptors (Lipinski definition) is 1. The molecule has 152 valence electrons. The van der Waals surface area contributed by atoms with Crippen molar-refractivity contribution < 1.29 is 9.28 Å². The second kappa shape index (κ2) is 8.68. The molecule has 4 rings (SSSR count). The number of fused-ring (bicyclic) bond motifs is 2. The fraction of sp³-hybridized carbons (Fsp3) is 0.222.